The van der Waals surface area contributed by atoms with Gasteiger partial charge in [0.25, 0.3) is 0 Å². The number of hydrogen-bond acceptors (Lipinski definition) is 7. The van der Waals surface area contributed by atoms with Crippen molar-refractivity contribution in [2.24, 2.45) is 5.41 Å². The lowest BCUT2D eigenvalue weighted by Crippen LogP contribution is -2.72. The van der Waals surface area contributed by atoms with Crippen molar-refractivity contribution in [1.82, 2.24) is 4.90 Å². The van der Waals surface area contributed by atoms with Crippen LogP contribution in [0.25, 0.3) is 0 Å². The molecule has 2 atom stereocenters. The lowest BCUT2D eigenvalue weighted by atomic mass is 9.67. The van der Waals surface area contributed by atoms with Crippen molar-refractivity contribution in [2.45, 2.75) is 123 Å². The van der Waals surface area contributed by atoms with Crippen LogP contribution in [0, 0.1) is 5.41 Å². The molecular formula is C30H48BNO7. The van der Waals surface area contributed by atoms with Crippen LogP contribution < -0.4 is 0 Å². The number of likely N-dealkylation sites (tertiary alicyclic amines) is 1. The zero-order valence-electron chi connectivity index (χ0n) is 25.6. The second kappa shape index (κ2) is 11.4. The maximum absolute atomic E-state index is 13.6. The Kier molecular flexibility index (Phi) is 9.20. The molecule has 0 aromatic heterocycles. The Morgan fingerprint density at radius 3 is 2.05 bits per heavy atom. The van der Waals surface area contributed by atoms with Gasteiger partial charge in [-0.1, -0.05) is 36.8 Å². The quantitative estimate of drug-likeness (QED) is 0.277. The second-order valence-corrected chi connectivity index (χ2v) is 14.0. The lowest BCUT2D eigenvalue weighted by Gasteiger charge is -2.55. The zero-order chi connectivity index (χ0) is 29.3. The summed E-state index contributed by atoms with van der Waals surface area (Å²) in [5, 5.41) is 0. The number of esters is 1. The van der Waals surface area contributed by atoms with E-state index in [1.165, 1.54) is 4.90 Å². The molecule has 2 heterocycles. The molecule has 2 aliphatic rings. The molecule has 3 rings (SSSR count). The van der Waals surface area contributed by atoms with Gasteiger partial charge < -0.3 is 23.5 Å². The first-order chi connectivity index (χ1) is 17.8. The zero-order valence-corrected chi connectivity index (χ0v) is 25.6. The minimum Gasteiger partial charge on any atom is -0.458 e. The Hall–Kier alpha value is -2.10. The van der Waals surface area contributed by atoms with E-state index in [1.54, 1.807) is 0 Å². The van der Waals surface area contributed by atoms with Gasteiger partial charge in [-0.3, -0.25) is 4.90 Å². The van der Waals surface area contributed by atoms with Crippen LogP contribution in [0.1, 0.15) is 87.6 Å². The molecule has 8 nitrogen and oxygen atoms in total. The smallest absolute Gasteiger partial charge is 0.457 e. The molecule has 1 aromatic carbocycles. The van der Waals surface area contributed by atoms with Crippen molar-refractivity contribution < 1.29 is 33.1 Å². The average molecular weight is 546 g/mol. The SMILES string of the molecule is CC(C)(C)OC(=O)[C@H]1N(C(=O)OC(C)(C)C)C[C@]1(CCCB1OC(C)(C)C(C)(C)O1)COCc1ccccc1. The molecule has 0 unspecified atom stereocenters. The van der Waals surface area contributed by atoms with E-state index in [-0.39, 0.29) is 7.12 Å². The third-order valence-corrected chi connectivity index (χ3v) is 7.55. The number of ether oxygens (including phenoxy) is 3. The molecule has 2 saturated heterocycles. The van der Waals surface area contributed by atoms with Gasteiger partial charge in [-0.05, 0) is 87.5 Å². The molecule has 0 saturated carbocycles. The van der Waals surface area contributed by atoms with E-state index < -0.39 is 45.9 Å². The number of nitrogens with zero attached hydrogens (tertiary/aromatic N) is 1. The summed E-state index contributed by atoms with van der Waals surface area (Å²) in [6.45, 7) is 20.1. The Bertz CT molecular complexity index is 983. The lowest BCUT2D eigenvalue weighted by molar-refractivity contribution is -0.188. The van der Waals surface area contributed by atoms with Crippen LogP contribution in [0.4, 0.5) is 4.79 Å². The molecular weight excluding hydrogens is 497 g/mol. The minimum atomic E-state index is -0.819. The number of rotatable bonds is 9. The van der Waals surface area contributed by atoms with Crippen LogP contribution >= 0.6 is 0 Å². The topological polar surface area (TPSA) is 83.5 Å². The number of benzene rings is 1. The minimum absolute atomic E-state index is 0.300. The third kappa shape index (κ3) is 7.98. The number of carbonyl (C=O) groups is 2. The molecule has 0 N–H and O–H groups in total. The molecule has 0 bridgehead atoms. The Morgan fingerprint density at radius 1 is 0.949 bits per heavy atom. The molecule has 218 valence electrons. The Morgan fingerprint density at radius 2 is 1.51 bits per heavy atom. The fourth-order valence-electron chi connectivity index (χ4n) is 5.02. The fraction of sp³-hybridized carbons (Fsp3) is 0.733. The van der Waals surface area contributed by atoms with Crippen molar-refractivity contribution in [3.63, 3.8) is 0 Å². The summed E-state index contributed by atoms with van der Waals surface area (Å²) in [6, 6.07) is 9.09. The molecule has 39 heavy (non-hydrogen) atoms. The van der Waals surface area contributed by atoms with Crippen LogP contribution in [0.15, 0.2) is 30.3 Å². The largest absolute Gasteiger partial charge is 0.458 e. The van der Waals surface area contributed by atoms with E-state index >= 15 is 0 Å². The molecule has 0 radical (unpaired) electrons. The molecule has 1 amide bonds. The summed E-state index contributed by atoms with van der Waals surface area (Å²) in [7, 11) is -0.334. The van der Waals surface area contributed by atoms with Gasteiger partial charge in [-0.15, -0.1) is 0 Å². The van der Waals surface area contributed by atoms with E-state index in [0.717, 1.165) is 12.0 Å². The van der Waals surface area contributed by atoms with Gasteiger partial charge in [0, 0.05) is 12.0 Å². The first-order valence-corrected chi connectivity index (χ1v) is 14.0. The molecule has 9 heteroatoms. The Labute approximate surface area is 235 Å². The van der Waals surface area contributed by atoms with Crippen molar-refractivity contribution >= 4 is 19.2 Å². The predicted molar refractivity (Wildman–Crippen MR) is 151 cm³/mol. The summed E-state index contributed by atoms with van der Waals surface area (Å²) in [5.41, 5.74) is -1.78. The molecule has 1 aromatic rings. The number of amides is 1. The highest BCUT2D eigenvalue weighted by Crippen LogP contribution is 2.46. The third-order valence-electron chi connectivity index (χ3n) is 7.55. The van der Waals surface area contributed by atoms with Gasteiger partial charge in [0.1, 0.15) is 17.2 Å². The second-order valence-electron chi connectivity index (χ2n) is 14.0. The van der Waals surface area contributed by atoms with E-state index in [9.17, 15) is 9.59 Å². The van der Waals surface area contributed by atoms with Crippen LogP contribution in [0.5, 0.6) is 0 Å². The summed E-state index contributed by atoms with van der Waals surface area (Å²) >= 11 is 0. The van der Waals surface area contributed by atoms with Crippen LogP contribution in [-0.4, -0.2) is 65.7 Å². The van der Waals surface area contributed by atoms with Gasteiger partial charge in [-0.25, -0.2) is 9.59 Å². The maximum Gasteiger partial charge on any atom is 0.457 e. The molecule has 0 aliphatic carbocycles. The van der Waals surface area contributed by atoms with Gasteiger partial charge in [-0.2, -0.15) is 0 Å². The highest BCUT2D eigenvalue weighted by atomic mass is 16.7. The summed E-state index contributed by atoms with van der Waals surface area (Å²) in [5.74, 6) is -0.446. The first kappa shape index (κ1) is 31.4. The summed E-state index contributed by atoms with van der Waals surface area (Å²) in [6.07, 6.45) is 1.51. The van der Waals surface area contributed by atoms with Gasteiger partial charge in [0.05, 0.1) is 24.4 Å². The van der Waals surface area contributed by atoms with Crippen molar-refractivity contribution in [3.8, 4) is 0 Å². The number of hydrogen-bond donors (Lipinski definition) is 0. The predicted octanol–water partition coefficient (Wildman–Crippen LogP) is 6.02. The molecule has 0 spiro atoms. The van der Waals surface area contributed by atoms with Crippen molar-refractivity contribution in [3.05, 3.63) is 35.9 Å². The summed E-state index contributed by atoms with van der Waals surface area (Å²) < 4.78 is 30.1. The summed E-state index contributed by atoms with van der Waals surface area (Å²) in [4.78, 5) is 28.2. The highest BCUT2D eigenvalue weighted by Gasteiger charge is 2.60. The van der Waals surface area contributed by atoms with E-state index in [1.807, 2.05) is 99.6 Å². The molecule has 2 aliphatic heterocycles. The normalized spacial score (nSPS) is 24.3. The first-order valence-electron chi connectivity index (χ1n) is 14.0. The van der Waals surface area contributed by atoms with Crippen LogP contribution in [0.3, 0.4) is 0 Å². The van der Waals surface area contributed by atoms with Crippen molar-refractivity contribution in [2.75, 3.05) is 13.2 Å². The molecule has 2 fully saturated rings. The van der Waals surface area contributed by atoms with Crippen molar-refractivity contribution in [1.29, 1.82) is 0 Å². The fourth-order valence-corrected chi connectivity index (χ4v) is 5.02. The van der Waals surface area contributed by atoms with Crippen LogP contribution in [0.2, 0.25) is 6.32 Å². The standard InChI is InChI=1S/C30H48BNO7/c1-26(2,3)36-24(33)23-30(20-32(23)25(34)37-27(4,5)6,21-35-19-22-15-12-11-13-16-22)17-14-18-31-38-28(7,8)29(9,10)39-31/h11-13,15-16,23H,14,17-21H2,1-10H3/t23-,30-/m1/s1. The maximum atomic E-state index is 13.6. The van der Waals surface area contributed by atoms with E-state index in [2.05, 4.69) is 0 Å². The van der Waals surface area contributed by atoms with Crippen LogP contribution in [-0.2, 0) is 34.9 Å². The highest BCUT2D eigenvalue weighted by molar-refractivity contribution is 6.45. The Balaban J connectivity index is 1.80. The van der Waals surface area contributed by atoms with E-state index in [0.29, 0.717) is 32.5 Å². The average Bonchev–Trinajstić information content (AvgIpc) is 2.95. The van der Waals surface area contributed by atoms with E-state index in [4.69, 9.17) is 23.5 Å². The number of carbonyl (C=O) groups excluding carboxylic acids is 2. The van der Waals surface area contributed by atoms with Gasteiger partial charge >= 0.3 is 19.2 Å². The monoisotopic (exact) mass is 545 g/mol. The van der Waals surface area contributed by atoms with Gasteiger partial charge in [0.15, 0.2) is 0 Å². The van der Waals surface area contributed by atoms with Gasteiger partial charge in [0.2, 0.25) is 0 Å².